The molecule has 1 atom stereocenters. The summed E-state index contributed by atoms with van der Waals surface area (Å²) in [6.45, 7) is 0. The van der Waals surface area contributed by atoms with Crippen molar-refractivity contribution in [1.82, 2.24) is 4.98 Å². The fourth-order valence-electron chi connectivity index (χ4n) is 3.67. The van der Waals surface area contributed by atoms with Crippen LogP contribution < -0.4 is 21.7 Å². The molecule has 4 aromatic rings. The molecular weight excluding hydrogens is 424 g/mol. The molecule has 138 valence electrons. The molecule has 7 heteroatoms. The number of H-pyrrole nitrogens is 1. The van der Waals surface area contributed by atoms with Crippen LogP contribution in [0, 0.1) is 0 Å². The zero-order chi connectivity index (χ0) is 19.4. The first-order valence-corrected chi connectivity index (χ1v) is 9.34. The van der Waals surface area contributed by atoms with Gasteiger partial charge in [0.2, 0.25) is 5.88 Å². The largest absolute Gasteiger partial charge is 0.439 e. The molecule has 0 saturated heterocycles. The predicted molar refractivity (Wildman–Crippen MR) is 109 cm³/mol. The maximum absolute atomic E-state index is 12.9. The number of aromatic nitrogens is 1. The van der Waals surface area contributed by atoms with Gasteiger partial charge in [0, 0.05) is 21.8 Å². The fraction of sp³-hybridized carbons (Fsp3) is 0.0476. The standard InChI is InChI=1S/C21H13BrN2O4/c22-11-7-5-10(6-8-11)16-17-13(23)9-15(25)24-20(17)28-19-12-3-1-2-4-14(12)27-21(26)18(16)19/h1-9,16H,(H3,23,24,25). The molecule has 5 rings (SSSR count). The first-order chi connectivity index (χ1) is 13.5. The minimum absolute atomic E-state index is 0.237. The van der Waals surface area contributed by atoms with Crippen molar-refractivity contribution < 1.29 is 9.15 Å². The number of benzene rings is 2. The lowest BCUT2D eigenvalue weighted by atomic mass is 9.83. The second-order valence-electron chi connectivity index (χ2n) is 6.55. The SMILES string of the molecule is Nc1cc(=O)[nH]c2c1C(c1ccc(Br)cc1)c1c(c3ccccc3oc1=O)O2. The number of nitrogen functional groups attached to an aromatic ring is 1. The summed E-state index contributed by atoms with van der Waals surface area (Å²) in [5, 5.41) is 0.646. The number of para-hydroxylation sites is 1. The molecule has 3 heterocycles. The second-order valence-corrected chi connectivity index (χ2v) is 7.46. The van der Waals surface area contributed by atoms with Gasteiger partial charge in [-0.3, -0.25) is 9.78 Å². The van der Waals surface area contributed by atoms with E-state index in [4.69, 9.17) is 14.9 Å². The average Bonchev–Trinajstić information content (AvgIpc) is 2.67. The van der Waals surface area contributed by atoms with Crippen molar-refractivity contribution in [2.24, 2.45) is 0 Å². The Hall–Kier alpha value is -3.32. The van der Waals surface area contributed by atoms with E-state index in [0.29, 0.717) is 27.8 Å². The molecule has 0 aliphatic carbocycles. The van der Waals surface area contributed by atoms with Crippen LogP contribution in [-0.2, 0) is 0 Å². The molecule has 0 amide bonds. The minimum atomic E-state index is -0.537. The highest BCUT2D eigenvalue weighted by atomic mass is 79.9. The van der Waals surface area contributed by atoms with Crippen LogP contribution in [0.2, 0.25) is 0 Å². The van der Waals surface area contributed by atoms with Crippen molar-refractivity contribution >= 4 is 32.6 Å². The van der Waals surface area contributed by atoms with Gasteiger partial charge in [0.1, 0.15) is 5.58 Å². The molecular formula is C21H13BrN2O4. The van der Waals surface area contributed by atoms with Crippen molar-refractivity contribution in [2.75, 3.05) is 5.73 Å². The first-order valence-electron chi connectivity index (χ1n) is 8.54. The maximum Gasteiger partial charge on any atom is 0.344 e. The second kappa shape index (κ2) is 6.10. The number of hydrogen-bond donors (Lipinski definition) is 2. The lowest BCUT2D eigenvalue weighted by Crippen LogP contribution is -2.24. The quantitative estimate of drug-likeness (QED) is 0.385. The van der Waals surface area contributed by atoms with Crippen LogP contribution in [0.3, 0.4) is 0 Å². The number of halogens is 1. The highest BCUT2D eigenvalue weighted by Gasteiger charge is 2.36. The van der Waals surface area contributed by atoms with E-state index in [1.807, 2.05) is 36.4 Å². The highest BCUT2D eigenvalue weighted by molar-refractivity contribution is 9.10. The number of fused-ring (bicyclic) bond motifs is 4. The molecule has 1 aliphatic rings. The highest BCUT2D eigenvalue weighted by Crippen LogP contribution is 2.49. The first kappa shape index (κ1) is 16.8. The molecule has 2 aromatic heterocycles. The van der Waals surface area contributed by atoms with Crippen LogP contribution in [0.25, 0.3) is 11.0 Å². The number of pyridine rings is 1. The Morgan fingerprint density at radius 3 is 2.54 bits per heavy atom. The summed E-state index contributed by atoms with van der Waals surface area (Å²) in [7, 11) is 0. The third kappa shape index (κ3) is 2.47. The topological polar surface area (TPSA) is 98.3 Å². The summed E-state index contributed by atoms with van der Waals surface area (Å²) in [5.74, 6) is 0.0687. The van der Waals surface area contributed by atoms with Crippen molar-refractivity contribution in [1.29, 1.82) is 0 Å². The van der Waals surface area contributed by atoms with Crippen molar-refractivity contribution in [2.45, 2.75) is 5.92 Å². The van der Waals surface area contributed by atoms with Crippen LogP contribution in [0.4, 0.5) is 5.69 Å². The van der Waals surface area contributed by atoms with Gasteiger partial charge in [0.25, 0.3) is 5.56 Å². The Bertz CT molecular complexity index is 1360. The van der Waals surface area contributed by atoms with Crippen LogP contribution in [0.5, 0.6) is 11.6 Å². The van der Waals surface area contributed by atoms with E-state index in [1.54, 1.807) is 12.1 Å². The van der Waals surface area contributed by atoms with E-state index < -0.39 is 11.5 Å². The van der Waals surface area contributed by atoms with Gasteiger partial charge in [-0.2, -0.15) is 0 Å². The Morgan fingerprint density at radius 2 is 1.75 bits per heavy atom. The number of anilines is 1. The molecule has 6 nitrogen and oxygen atoms in total. The molecule has 0 radical (unpaired) electrons. The van der Waals surface area contributed by atoms with Gasteiger partial charge in [-0.25, -0.2) is 4.79 Å². The molecule has 1 aliphatic heterocycles. The van der Waals surface area contributed by atoms with Gasteiger partial charge in [-0.05, 0) is 29.8 Å². The third-order valence-corrected chi connectivity index (χ3v) is 5.39. The molecule has 0 saturated carbocycles. The third-order valence-electron chi connectivity index (χ3n) is 4.86. The van der Waals surface area contributed by atoms with Crippen molar-refractivity contribution in [3.63, 3.8) is 0 Å². The Morgan fingerprint density at radius 1 is 1.00 bits per heavy atom. The van der Waals surface area contributed by atoms with E-state index in [9.17, 15) is 9.59 Å². The molecule has 0 bridgehead atoms. The lowest BCUT2D eigenvalue weighted by molar-refractivity contribution is 0.423. The van der Waals surface area contributed by atoms with Gasteiger partial charge in [-0.1, -0.05) is 40.2 Å². The van der Waals surface area contributed by atoms with Gasteiger partial charge < -0.3 is 14.9 Å². The average molecular weight is 437 g/mol. The number of hydrogen-bond acceptors (Lipinski definition) is 5. The van der Waals surface area contributed by atoms with E-state index >= 15 is 0 Å². The Kier molecular flexibility index (Phi) is 3.67. The van der Waals surface area contributed by atoms with Crippen LogP contribution >= 0.6 is 15.9 Å². The lowest BCUT2D eigenvalue weighted by Gasteiger charge is -2.28. The van der Waals surface area contributed by atoms with Crippen molar-refractivity contribution in [3.05, 3.63) is 96.5 Å². The fourth-order valence-corrected chi connectivity index (χ4v) is 3.94. The normalized spacial score (nSPS) is 15.0. The zero-order valence-electron chi connectivity index (χ0n) is 14.4. The number of nitrogens with two attached hydrogens (primary N) is 1. The minimum Gasteiger partial charge on any atom is -0.439 e. The summed E-state index contributed by atoms with van der Waals surface area (Å²) >= 11 is 3.43. The molecule has 28 heavy (non-hydrogen) atoms. The molecule has 0 fully saturated rings. The predicted octanol–water partition coefficient (Wildman–Crippen LogP) is 4.11. The Balaban J connectivity index is 1.91. The van der Waals surface area contributed by atoms with Gasteiger partial charge in [0.15, 0.2) is 5.75 Å². The molecule has 1 unspecified atom stereocenters. The zero-order valence-corrected chi connectivity index (χ0v) is 15.9. The molecule has 3 N–H and O–H groups in total. The van der Waals surface area contributed by atoms with E-state index in [-0.39, 0.29) is 17.1 Å². The Labute approximate surface area is 166 Å². The smallest absolute Gasteiger partial charge is 0.344 e. The van der Waals surface area contributed by atoms with Gasteiger partial charge in [0.05, 0.1) is 16.9 Å². The maximum atomic E-state index is 12.9. The summed E-state index contributed by atoms with van der Waals surface area (Å²) in [5.41, 5.74) is 7.69. The summed E-state index contributed by atoms with van der Waals surface area (Å²) in [6, 6.07) is 16.0. The van der Waals surface area contributed by atoms with Crippen LogP contribution in [0.1, 0.15) is 22.6 Å². The summed E-state index contributed by atoms with van der Waals surface area (Å²) < 4.78 is 12.5. The molecule has 2 aromatic carbocycles. The van der Waals surface area contributed by atoms with Crippen molar-refractivity contribution in [3.8, 4) is 11.6 Å². The number of aromatic amines is 1. The van der Waals surface area contributed by atoms with E-state index in [0.717, 1.165) is 10.0 Å². The summed E-state index contributed by atoms with van der Waals surface area (Å²) in [6.07, 6.45) is 0. The summed E-state index contributed by atoms with van der Waals surface area (Å²) in [4.78, 5) is 27.6. The van der Waals surface area contributed by atoms with Gasteiger partial charge >= 0.3 is 5.63 Å². The number of ether oxygens (including phenoxy) is 1. The van der Waals surface area contributed by atoms with Crippen LogP contribution in [0.15, 0.2) is 73.1 Å². The van der Waals surface area contributed by atoms with E-state index in [2.05, 4.69) is 20.9 Å². The number of nitrogens with one attached hydrogen (secondary N) is 1. The molecule has 0 spiro atoms. The van der Waals surface area contributed by atoms with Gasteiger partial charge in [-0.15, -0.1) is 0 Å². The van der Waals surface area contributed by atoms with E-state index in [1.165, 1.54) is 6.07 Å². The van der Waals surface area contributed by atoms with Crippen LogP contribution in [-0.4, -0.2) is 4.98 Å². The monoisotopic (exact) mass is 436 g/mol. The number of rotatable bonds is 1.